The van der Waals surface area contributed by atoms with Crippen molar-refractivity contribution in [1.29, 1.82) is 0 Å². The molecule has 0 radical (unpaired) electrons. The van der Waals surface area contributed by atoms with Crippen molar-refractivity contribution in [2.45, 2.75) is 23.3 Å². The lowest BCUT2D eigenvalue weighted by molar-refractivity contribution is -0.383. The van der Waals surface area contributed by atoms with Crippen LogP contribution in [0.15, 0.2) is 0 Å². The maximum atomic E-state index is 13.3. The molecule has 1 rings (SSSR count). The predicted molar refractivity (Wildman–Crippen MR) is 53.3 cm³/mol. The molecule has 0 N–H and O–H groups in total. The van der Waals surface area contributed by atoms with Gasteiger partial charge in [-0.25, -0.2) is 0 Å². The normalized spacial score (nSPS) is 19.9. The number of halogens is 9. The zero-order valence-corrected chi connectivity index (χ0v) is 11.5. The molecule has 15 heteroatoms. The maximum Gasteiger partial charge on any atom is 0.460 e. The van der Waals surface area contributed by atoms with Gasteiger partial charge in [-0.3, -0.25) is 0 Å². The van der Waals surface area contributed by atoms with Crippen molar-refractivity contribution in [2.24, 2.45) is 0 Å². The number of hydrogen-bond donors (Lipinski definition) is 0. The topological polar surface area (TPSA) is 55.8 Å². The van der Waals surface area contributed by atoms with E-state index in [1.165, 1.54) is 0 Å². The summed E-state index contributed by atoms with van der Waals surface area (Å²) >= 11 is 0. The van der Waals surface area contributed by atoms with E-state index in [0.29, 0.717) is 0 Å². The minimum atomic E-state index is -7.31. The molecule has 0 saturated carbocycles. The summed E-state index contributed by atoms with van der Waals surface area (Å²) in [5.41, 5.74) is 0. The monoisotopic (exact) mass is 385 g/mol. The van der Waals surface area contributed by atoms with Gasteiger partial charge in [0.1, 0.15) is 0 Å². The van der Waals surface area contributed by atoms with Crippen LogP contribution in [-0.2, 0) is 19.1 Å². The number of rotatable bonds is 5. The van der Waals surface area contributed by atoms with E-state index >= 15 is 0 Å². The first-order valence-electron chi connectivity index (χ1n) is 5.55. The highest BCUT2D eigenvalue weighted by atomic mass is 32.2. The molecule has 0 aromatic rings. The van der Waals surface area contributed by atoms with Gasteiger partial charge in [0.2, 0.25) is 0 Å². The molecule has 23 heavy (non-hydrogen) atoms. The molecule has 0 aromatic heterocycles. The molecule has 1 heterocycles. The van der Waals surface area contributed by atoms with Crippen molar-refractivity contribution >= 4 is 10.1 Å². The van der Waals surface area contributed by atoms with Crippen LogP contribution in [0.1, 0.15) is 0 Å². The summed E-state index contributed by atoms with van der Waals surface area (Å²) in [6, 6.07) is 0. The number of nitrogens with zero attached hydrogens (tertiary/aromatic N) is 1. The summed E-state index contributed by atoms with van der Waals surface area (Å²) in [5, 5.41) is -6.69. The van der Waals surface area contributed by atoms with Gasteiger partial charge in [0.05, 0.1) is 13.2 Å². The van der Waals surface area contributed by atoms with Gasteiger partial charge in [-0.15, -0.1) is 0 Å². The van der Waals surface area contributed by atoms with Crippen LogP contribution in [0, 0.1) is 0 Å². The molecule has 0 amide bonds. The Labute approximate surface area is 123 Å². The fraction of sp³-hybridized carbons (Fsp3) is 1.00. The first kappa shape index (κ1) is 20.2. The van der Waals surface area contributed by atoms with Crippen LogP contribution in [0.4, 0.5) is 39.5 Å². The van der Waals surface area contributed by atoms with Crippen molar-refractivity contribution in [3.05, 3.63) is 0 Å². The summed E-state index contributed by atoms with van der Waals surface area (Å²) in [6.45, 7) is -1.57. The van der Waals surface area contributed by atoms with E-state index in [0.717, 1.165) is 0 Å². The van der Waals surface area contributed by atoms with Crippen LogP contribution < -0.4 is 0 Å². The van der Waals surface area contributed by atoms with E-state index in [1.807, 2.05) is 0 Å². The summed E-state index contributed by atoms with van der Waals surface area (Å²) in [4.78, 5) is 0. The Morgan fingerprint density at radius 1 is 0.826 bits per heavy atom. The maximum absolute atomic E-state index is 13.3. The molecule has 0 unspecified atom stereocenters. The van der Waals surface area contributed by atoms with Gasteiger partial charge < -0.3 is 4.74 Å². The van der Waals surface area contributed by atoms with Crippen LogP contribution in [0.25, 0.3) is 0 Å². The Morgan fingerprint density at radius 2 is 1.26 bits per heavy atom. The lowest BCUT2D eigenvalue weighted by Gasteiger charge is -2.34. The molecule has 0 spiro atoms. The highest BCUT2D eigenvalue weighted by molar-refractivity contribution is 7.87. The molecule has 1 saturated heterocycles. The average Bonchev–Trinajstić information content (AvgIpc) is 2.37. The van der Waals surface area contributed by atoms with Crippen LogP contribution in [0.5, 0.6) is 0 Å². The van der Waals surface area contributed by atoms with Crippen molar-refractivity contribution in [3.8, 4) is 0 Å². The van der Waals surface area contributed by atoms with Crippen LogP contribution >= 0.6 is 0 Å². The zero-order chi connectivity index (χ0) is 18.3. The first-order chi connectivity index (χ1) is 10.1. The molecule has 5 nitrogen and oxygen atoms in total. The number of morpholine rings is 1. The number of ether oxygens (including phenoxy) is 1. The van der Waals surface area contributed by atoms with Gasteiger partial charge in [0, 0.05) is 13.1 Å². The third-order valence-corrected chi connectivity index (χ3v) is 3.89. The van der Waals surface area contributed by atoms with Crippen molar-refractivity contribution in [2.75, 3.05) is 26.3 Å². The molecular weight excluding hydrogens is 377 g/mol. The highest BCUT2D eigenvalue weighted by Crippen LogP contribution is 2.55. The molecule has 1 aliphatic heterocycles. The molecule has 138 valence electrons. The van der Waals surface area contributed by atoms with E-state index < -0.39 is 46.5 Å². The van der Waals surface area contributed by atoms with Crippen molar-refractivity contribution in [1.82, 2.24) is 5.06 Å². The molecule has 0 atom stereocenters. The van der Waals surface area contributed by atoms with Crippen LogP contribution in [-0.4, -0.2) is 63.1 Å². The Balaban J connectivity index is 3.16. The van der Waals surface area contributed by atoms with Gasteiger partial charge in [-0.1, -0.05) is 0 Å². The third-order valence-electron chi connectivity index (χ3n) is 2.60. The van der Waals surface area contributed by atoms with Gasteiger partial charge in [-0.05, 0) is 0 Å². The fourth-order valence-electron chi connectivity index (χ4n) is 1.32. The van der Waals surface area contributed by atoms with E-state index in [1.54, 1.807) is 0 Å². The third kappa shape index (κ3) is 3.36. The Kier molecular flexibility index (Phi) is 5.22. The lowest BCUT2D eigenvalue weighted by Crippen LogP contribution is -2.64. The number of alkyl halides is 9. The Bertz CT molecular complexity index is 526. The molecule has 1 fully saturated rings. The summed E-state index contributed by atoms with van der Waals surface area (Å²) < 4.78 is 144. The van der Waals surface area contributed by atoms with E-state index in [-0.39, 0.29) is 18.3 Å². The minimum absolute atomic E-state index is 0.161. The molecular formula is C8H8F9NO4S. The smallest absolute Gasteiger partial charge is 0.379 e. The second kappa shape index (κ2) is 5.93. The minimum Gasteiger partial charge on any atom is -0.379 e. The molecule has 1 aliphatic rings. The zero-order valence-electron chi connectivity index (χ0n) is 10.7. The lowest BCUT2D eigenvalue weighted by atomic mass is 10.1. The van der Waals surface area contributed by atoms with Crippen molar-refractivity contribution < 1.29 is 57.0 Å². The summed E-state index contributed by atoms with van der Waals surface area (Å²) in [6.07, 6.45) is -7.12. The fourth-order valence-corrected chi connectivity index (χ4v) is 2.29. The summed E-state index contributed by atoms with van der Waals surface area (Å²) in [7, 11) is -6.85. The molecule has 0 aromatic carbocycles. The largest absolute Gasteiger partial charge is 0.460 e. The van der Waals surface area contributed by atoms with Gasteiger partial charge >= 0.3 is 33.4 Å². The van der Waals surface area contributed by atoms with Gasteiger partial charge in [0.15, 0.2) is 0 Å². The Hall–Kier alpha value is -0.800. The van der Waals surface area contributed by atoms with E-state index in [2.05, 4.69) is 9.02 Å². The van der Waals surface area contributed by atoms with Crippen LogP contribution in [0.2, 0.25) is 0 Å². The van der Waals surface area contributed by atoms with Crippen molar-refractivity contribution in [3.63, 3.8) is 0 Å². The van der Waals surface area contributed by atoms with Gasteiger partial charge in [-0.2, -0.15) is 57.3 Å². The number of hydroxylamine groups is 2. The van der Waals surface area contributed by atoms with Crippen LogP contribution in [0.3, 0.4) is 0 Å². The SMILES string of the molecule is O=S(=O)(ON1CCOCC1)C(F)(F)C(F)(F)C(F)(F)C(F)(F)F. The predicted octanol–water partition coefficient (Wildman–Crippen LogP) is 2.01. The van der Waals surface area contributed by atoms with Gasteiger partial charge in [0.25, 0.3) is 0 Å². The average molecular weight is 385 g/mol. The van der Waals surface area contributed by atoms with E-state index in [9.17, 15) is 47.9 Å². The van der Waals surface area contributed by atoms with E-state index in [4.69, 9.17) is 0 Å². The quantitative estimate of drug-likeness (QED) is 0.678. The second-order valence-electron chi connectivity index (χ2n) is 4.23. The molecule has 0 bridgehead atoms. The molecule has 0 aliphatic carbocycles. The highest BCUT2D eigenvalue weighted by Gasteiger charge is 2.86. The standard InChI is InChI=1S/C8H8F9NO4S/c9-5(10,7(13,14)15)6(11,12)8(16,17)23(19,20)22-18-1-3-21-4-2-18/h1-4H2. The second-order valence-corrected chi connectivity index (χ2v) is 5.80. The number of hydrogen-bond acceptors (Lipinski definition) is 5. The summed E-state index contributed by atoms with van der Waals surface area (Å²) in [5.74, 6) is -14.6. The Morgan fingerprint density at radius 3 is 1.65 bits per heavy atom. The first-order valence-corrected chi connectivity index (χ1v) is 6.96.